The number of carbonyl (C=O) groups excluding carboxylic acids is 3. The Hall–Kier alpha value is 0.646. The Kier molecular flexibility index (Phi) is 22.4. The molecule has 0 radical (unpaired) electrons. The summed E-state index contributed by atoms with van der Waals surface area (Å²) in [7, 11) is 0. The van der Waals surface area contributed by atoms with E-state index in [4.69, 9.17) is 4.79 Å². The van der Waals surface area contributed by atoms with Gasteiger partial charge in [0.15, 0.2) is 0 Å². The molecule has 0 aliphatic rings. The second kappa shape index (κ2) is 15.1. The minimum atomic E-state index is 0. The molecule has 0 saturated carbocycles. The van der Waals surface area contributed by atoms with Crippen LogP contribution in [0.3, 0.4) is 0 Å². The van der Waals surface area contributed by atoms with Crippen molar-refractivity contribution < 1.29 is 65.8 Å². The van der Waals surface area contributed by atoms with Crippen molar-refractivity contribution in [1.29, 1.82) is 0 Å². The van der Waals surface area contributed by atoms with Crippen LogP contribution in [0.5, 0.6) is 0 Å². The second-order valence-electron chi connectivity index (χ2n) is 2.31. The molecule has 0 fully saturated rings. The van der Waals surface area contributed by atoms with Crippen molar-refractivity contribution in [3.8, 4) is 0 Å². The van der Waals surface area contributed by atoms with Crippen molar-refractivity contribution in [2.45, 2.75) is 33.6 Å². The third-order valence-corrected chi connectivity index (χ3v) is 0.864. The Morgan fingerprint density at radius 2 is 1.38 bits per heavy atom. The molecule has 0 saturated heterocycles. The quantitative estimate of drug-likeness (QED) is 0.408. The van der Waals surface area contributed by atoms with E-state index in [1.54, 1.807) is 6.42 Å². The summed E-state index contributed by atoms with van der Waals surface area (Å²) in [4.78, 5) is 29.2. The zero-order valence-electron chi connectivity index (χ0n) is 8.72. The summed E-state index contributed by atoms with van der Waals surface area (Å²) >= 11 is 0. The van der Waals surface area contributed by atoms with E-state index in [9.17, 15) is 9.59 Å². The van der Waals surface area contributed by atoms with Crippen LogP contribution in [-0.2, 0) is 14.4 Å². The summed E-state index contributed by atoms with van der Waals surface area (Å²) in [5.74, 6) is 0.215. The zero-order valence-corrected chi connectivity index (χ0v) is 11.8. The molecule has 0 aliphatic heterocycles. The SMILES string of the molecule is CC(=O)C[CH-]CC(C)=O.C[C-]=O.[K+]. The summed E-state index contributed by atoms with van der Waals surface area (Å²) in [5.41, 5.74) is 0. The first kappa shape index (κ1) is 19.3. The maximum atomic E-state index is 10.3. The average Bonchev–Trinajstić information content (AvgIpc) is 1.87. The van der Waals surface area contributed by atoms with Gasteiger partial charge in [0.25, 0.3) is 0 Å². The van der Waals surface area contributed by atoms with Crippen molar-refractivity contribution in [1.82, 2.24) is 0 Å². The van der Waals surface area contributed by atoms with Crippen molar-refractivity contribution >= 4 is 17.9 Å². The molecule has 0 aromatic heterocycles. The fourth-order valence-corrected chi connectivity index (χ4v) is 0.479. The van der Waals surface area contributed by atoms with E-state index < -0.39 is 0 Å². The van der Waals surface area contributed by atoms with Crippen LogP contribution in [0.4, 0.5) is 0 Å². The van der Waals surface area contributed by atoms with Crippen LogP contribution in [0.25, 0.3) is 0 Å². The molecule has 0 bridgehead atoms. The molecule has 3 nitrogen and oxygen atoms in total. The Balaban J connectivity index is -0.000000220. The number of rotatable bonds is 4. The van der Waals surface area contributed by atoms with E-state index in [0.29, 0.717) is 12.8 Å². The summed E-state index contributed by atoms with van der Waals surface area (Å²) in [6.07, 6.45) is 4.03. The predicted molar refractivity (Wildman–Crippen MR) is 46.3 cm³/mol. The fourth-order valence-electron chi connectivity index (χ4n) is 0.479. The van der Waals surface area contributed by atoms with Gasteiger partial charge in [-0.05, 0) is 13.8 Å². The van der Waals surface area contributed by atoms with Crippen LogP contribution in [-0.4, -0.2) is 17.9 Å². The Bertz CT molecular complexity index is 141. The first-order chi connectivity index (χ1) is 5.54. The van der Waals surface area contributed by atoms with Crippen molar-refractivity contribution in [2.75, 3.05) is 0 Å². The first-order valence-corrected chi connectivity index (χ1v) is 3.64. The minimum absolute atomic E-state index is 0. The molecule has 70 valence electrons. The smallest absolute Gasteiger partial charge is 0.542 e. The Morgan fingerprint density at radius 1 is 1.15 bits per heavy atom. The van der Waals surface area contributed by atoms with Crippen molar-refractivity contribution in [2.24, 2.45) is 0 Å². The summed E-state index contributed by atoms with van der Waals surface area (Å²) in [6, 6.07) is 0. The van der Waals surface area contributed by atoms with Crippen LogP contribution < -0.4 is 51.4 Å². The third-order valence-electron chi connectivity index (χ3n) is 0.864. The van der Waals surface area contributed by atoms with Gasteiger partial charge in [0, 0.05) is 0 Å². The van der Waals surface area contributed by atoms with Gasteiger partial charge in [-0.15, -0.1) is 12.8 Å². The topological polar surface area (TPSA) is 51.2 Å². The summed E-state index contributed by atoms with van der Waals surface area (Å²) in [5, 5.41) is 0. The molecular formula is C9H14KO3-. The van der Waals surface area contributed by atoms with Crippen LogP contribution in [0, 0.1) is 6.42 Å². The fraction of sp³-hybridized carbons (Fsp3) is 0.556. The molecule has 0 spiro atoms. The molecule has 0 atom stereocenters. The van der Waals surface area contributed by atoms with Gasteiger partial charge >= 0.3 is 51.4 Å². The van der Waals surface area contributed by atoms with Gasteiger partial charge in [-0.1, -0.05) is 0 Å². The zero-order chi connectivity index (χ0) is 9.98. The number of hydrogen-bond donors (Lipinski definition) is 0. The Labute approximate surface area is 122 Å². The molecular weight excluding hydrogens is 195 g/mol. The number of ketones is 2. The van der Waals surface area contributed by atoms with Crippen LogP contribution in [0.1, 0.15) is 33.6 Å². The Morgan fingerprint density at radius 3 is 1.54 bits per heavy atom. The molecule has 4 heteroatoms. The van der Waals surface area contributed by atoms with Crippen LogP contribution in [0.2, 0.25) is 0 Å². The third kappa shape index (κ3) is 32.4. The number of hydrogen-bond acceptors (Lipinski definition) is 3. The number of carbonyl (C=O) groups is 2. The van der Waals surface area contributed by atoms with Crippen molar-refractivity contribution in [3.63, 3.8) is 0 Å². The molecule has 0 aliphatic carbocycles. The maximum absolute atomic E-state index is 10.3. The molecule has 0 N–H and O–H groups in total. The van der Waals surface area contributed by atoms with E-state index in [-0.39, 0.29) is 63.0 Å². The summed E-state index contributed by atoms with van der Waals surface area (Å²) in [6.45, 7) is 4.34. The molecule has 0 rings (SSSR count). The second-order valence-corrected chi connectivity index (χ2v) is 2.31. The minimum Gasteiger partial charge on any atom is -0.542 e. The predicted octanol–water partition coefficient (Wildman–Crippen LogP) is -1.73. The van der Waals surface area contributed by atoms with Gasteiger partial charge in [0.2, 0.25) is 0 Å². The number of Topliss-reactive ketones (excluding diaryl/α,β-unsaturated/α-hetero) is 2. The first-order valence-electron chi connectivity index (χ1n) is 3.64. The van der Waals surface area contributed by atoms with Crippen LogP contribution in [0.15, 0.2) is 0 Å². The van der Waals surface area contributed by atoms with Gasteiger partial charge in [0.1, 0.15) is 11.6 Å². The van der Waals surface area contributed by atoms with Crippen molar-refractivity contribution in [3.05, 3.63) is 6.42 Å². The molecule has 13 heavy (non-hydrogen) atoms. The van der Waals surface area contributed by atoms with E-state index in [1.807, 2.05) is 0 Å². The molecule has 0 aromatic carbocycles. The normalized spacial score (nSPS) is 7.31. The van der Waals surface area contributed by atoms with Gasteiger partial charge in [-0.3, -0.25) is 6.29 Å². The monoisotopic (exact) mass is 209 g/mol. The van der Waals surface area contributed by atoms with E-state index in [1.165, 1.54) is 27.1 Å². The van der Waals surface area contributed by atoms with Gasteiger partial charge in [-0.25, -0.2) is 0 Å². The molecule has 0 unspecified atom stereocenters. The van der Waals surface area contributed by atoms with Gasteiger partial charge in [-0.2, -0.15) is 6.92 Å². The van der Waals surface area contributed by atoms with Gasteiger partial charge in [0.05, 0.1) is 0 Å². The average molecular weight is 209 g/mol. The molecule has 0 heterocycles. The molecule has 0 aromatic rings. The van der Waals surface area contributed by atoms with E-state index in [0.717, 1.165) is 0 Å². The molecule has 0 amide bonds. The van der Waals surface area contributed by atoms with Crippen LogP contribution >= 0.6 is 0 Å². The van der Waals surface area contributed by atoms with E-state index in [2.05, 4.69) is 0 Å². The standard InChI is InChI=1S/C7H11O2.C2H3O.K/c1-6(8)4-3-5-7(2)9;1-2-3;/h3H,4-5H2,1-2H3;1H3;/q2*-1;+1. The maximum Gasteiger partial charge on any atom is 1.00 e. The largest absolute Gasteiger partial charge is 1.00 e. The van der Waals surface area contributed by atoms with E-state index >= 15 is 0 Å². The van der Waals surface area contributed by atoms with Gasteiger partial charge < -0.3 is 20.8 Å². The summed E-state index contributed by atoms with van der Waals surface area (Å²) < 4.78 is 0.